The molecule has 3 unspecified atom stereocenters. The van der Waals surface area contributed by atoms with Gasteiger partial charge in [-0.25, -0.2) is 0 Å². The molecular formula is C55H97NO5. The molecule has 0 saturated carbocycles. The number of ether oxygens (including phenoxy) is 1. The summed E-state index contributed by atoms with van der Waals surface area (Å²) in [6.45, 7) is 6.32. The van der Waals surface area contributed by atoms with Crippen molar-refractivity contribution in [2.24, 2.45) is 0 Å². The van der Waals surface area contributed by atoms with Gasteiger partial charge < -0.3 is 20.3 Å². The zero-order valence-electron chi connectivity index (χ0n) is 40.0. The van der Waals surface area contributed by atoms with E-state index < -0.39 is 18.2 Å². The number of esters is 1. The molecule has 0 radical (unpaired) electrons. The quantitative estimate of drug-likeness (QED) is 0.0322. The number of unbranched alkanes of at least 4 members (excludes halogenated alkanes) is 23. The Morgan fingerprint density at radius 3 is 1.25 bits per heavy atom. The van der Waals surface area contributed by atoms with Crippen LogP contribution in [0.25, 0.3) is 0 Å². The van der Waals surface area contributed by atoms with Gasteiger partial charge in [0.1, 0.15) is 6.10 Å². The van der Waals surface area contributed by atoms with Gasteiger partial charge in [-0.05, 0) is 57.4 Å². The SMILES string of the molecule is CC/C=C\C/C=C\C/C=C\C/C=C\C/C=C\C/C=C\C(CC(=O)NC(CO)C(O)CCCCCCCCCCCCCCCCC)OC(=O)CCCCCCCCCCCC. The van der Waals surface area contributed by atoms with Crippen LogP contribution in [0.4, 0.5) is 0 Å². The molecule has 3 N–H and O–H groups in total. The van der Waals surface area contributed by atoms with Crippen molar-refractivity contribution in [3.8, 4) is 0 Å². The predicted octanol–water partition coefficient (Wildman–Crippen LogP) is 15.4. The Hall–Kier alpha value is -2.70. The molecule has 0 aromatic rings. The Bertz CT molecular complexity index is 1140. The maximum Gasteiger partial charge on any atom is 0.306 e. The first kappa shape index (κ1) is 58.3. The lowest BCUT2D eigenvalue weighted by molar-refractivity contribution is -0.148. The number of aliphatic hydroxyl groups excluding tert-OH is 2. The average Bonchev–Trinajstić information content (AvgIpc) is 3.25. The van der Waals surface area contributed by atoms with Crippen molar-refractivity contribution in [2.45, 2.75) is 257 Å². The molecule has 6 heteroatoms. The zero-order chi connectivity index (χ0) is 44.5. The van der Waals surface area contributed by atoms with Crippen LogP contribution in [0.2, 0.25) is 0 Å². The van der Waals surface area contributed by atoms with Gasteiger partial charge in [-0.1, -0.05) is 242 Å². The van der Waals surface area contributed by atoms with E-state index in [2.05, 4.69) is 86.8 Å². The molecule has 0 bridgehead atoms. The molecule has 0 aromatic heterocycles. The van der Waals surface area contributed by atoms with Gasteiger partial charge in [0.25, 0.3) is 0 Å². The third-order valence-corrected chi connectivity index (χ3v) is 11.3. The number of nitrogens with one attached hydrogen (secondary N) is 1. The third-order valence-electron chi connectivity index (χ3n) is 11.3. The summed E-state index contributed by atoms with van der Waals surface area (Å²) in [7, 11) is 0. The van der Waals surface area contributed by atoms with Gasteiger partial charge in [0.05, 0.1) is 25.2 Å². The van der Waals surface area contributed by atoms with Gasteiger partial charge >= 0.3 is 5.97 Å². The van der Waals surface area contributed by atoms with E-state index in [0.717, 1.165) is 70.6 Å². The number of aliphatic hydroxyl groups is 2. The maximum absolute atomic E-state index is 13.2. The molecule has 352 valence electrons. The minimum absolute atomic E-state index is 0.0475. The highest BCUT2D eigenvalue weighted by Gasteiger charge is 2.23. The van der Waals surface area contributed by atoms with E-state index in [1.54, 1.807) is 6.08 Å². The highest BCUT2D eigenvalue weighted by atomic mass is 16.5. The van der Waals surface area contributed by atoms with Gasteiger partial charge in [-0.15, -0.1) is 0 Å². The molecule has 0 heterocycles. The van der Waals surface area contributed by atoms with Crippen molar-refractivity contribution in [3.63, 3.8) is 0 Å². The van der Waals surface area contributed by atoms with Crippen LogP contribution in [0.15, 0.2) is 72.9 Å². The molecule has 0 saturated heterocycles. The summed E-state index contributed by atoms with van der Waals surface area (Å²) in [4.78, 5) is 26.0. The van der Waals surface area contributed by atoms with E-state index in [1.807, 2.05) is 6.08 Å². The first-order valence-corrected chi connectivity index (χ1v) is 25.7. The van der Waals surface area contributed by atoms with E-state index in [0.29, 0.717) is 19.3 Å². The van der Waals surface area contributed by atoms with E-state index in [9.17, 15) is 19.8 Å². The molecule has 0 aliphatic carbocycles. The fourth-order valence-electron chi connectivity index (χ4n) is 7.43. The van der Waals surface area contributed by atoms with Crippen LogP contribution in [0.1, 0.15) is 239 Å². The van der Waals surface area contributed by atoms with Crippen LogP contribution >= 0.6 is 0 Å². The Morgan fingerprint density at radius 2 is 0.852 bits per heavy atom. The lowest BCUT2D eigenvalue weighted by Crippen LogP contribution is -2.46. The highest BCUT2D eigenvalue weighted by molar-refractivity contribution is 5.78. The zero-order valence-corrected chi connectivity index (χ0v) is 40.0. The number of rotatable bonds is 45. The van der Waals surface area contributed by atoms with E-state index in [1.165, 1.54) is 122 Å². The standard InChI is InChI=1S/C55H97NO5/c1-4-7-10-13-16-19-22-24-26-27-29-30-32-34-37-40-43-46-51(61-55(60)48-45-42-39-36-21-18-15-12-9-6-3)49-54(59)56-52(50-57)53(58)47-44-41-38-35-33-31-28-25-23-20-17-14-11-8-5-2/h7,10,16,19,24,26,29-30,34,37,43,46,51-53,57-58H,4-6,8-9,11-15,17-18,20-23,25,27-28,31-33,35-36,38-42,44-45,47-50H2,1-3H3,(H,56,59)/b10-7-,19-16-,26-24-,30-29-,37-34-,46-43-. The fraction of sp³-hybridized carbons (Fsp3) is 0.745. The molecule has 0 fully saturated rings. The number of hydrogen-bond donors (Lipinski definition) is 3. The fourth-order valence-corrected chi connectivity index (χ4v) is 7.43. The third kappa shape index (κ3) is 43.7. The van der Waals surface area contributed by atoms with Gasteiger partial charge in [0.15, 0.2) is 0 Å². The van der Waals surface area contributed by atoms with E-state index >= 15 is 0 Å². The molecule has 0 aliphatic heterocycles. The Labute approximate surface area is 377 Å². The number of amides is 1. The second kappa shape index (κ2) is 48.3. The molecule has 0 aromatic carbocycles. The molecule has 61 heavy (non-hydrogen) atoms. The lowest BCUT2D eigenvalue weighted by Gasteiger charge is -2.23. The summed E-state index contributed by atoms with van der Waals surface area (Å²) in [5, 5.41) is 23.7. The van der Waals surface area contributed by atoms with Gasteiger partial charge in [-0.2, -0.15) is 0 Å². The topological polar surface area (TPSA) is 95.9 Å². The number of carbonyl (C=O) groups excluding carboxylic acids is 2. The molecule has 0 aliphatic rings. The number of carbonyl (C=O) groups is 2. The van der Waals surface area contributed by atoms with Gasteiger partial charge in [0, 0.05) is 6.42 Å². The van der Waals surface area contributed by atoms with Crippen molar-refractivity contribution in [2.75, 3.05) is 6.61 Å². The van der Waals surface area contributed by atoms with Crippen molar-refractivity contribution < 1.29 is 24.5 Å². The van der Waals surface area contributed by atoms with Crippen LogP contribution in [-0.4, -0.2) is 46.9 Å². The maximum atomic E-state index is 13.2. The Kier molecular flexibility index (Phi) is 46.2. The first-order valence-electron chi connectivity index (χ1n) is 25.7. The molecular weight excluding hydrogens is 755 g/mol. The lowest BCUT2D eigenvalue weighted by atomic mass is 10.0. The molecule has 0 rings (SSSR count). The van der Waals surface area contributed by atoms with Gasteiger partial charge in [-0.3, -0.25) is 9.59 Å². The molecule has 0 spiro atoms. The molecule has 1 amide bonds. The van der Waals surface area contributed by atoms with Crippen LogP contribution in [0.3, 0.4) is 0 Å². The molecule has 3 atom stereocenters. The first-order chi connectivity index (χ1) is 30.0. The predicted molar refractivity (Wildman–Crippen MR) is 264 cm³/mol. The summed E-state index contributed by atoms with van der Waals surface area (Å²) in [5.74, 6) is -0.630. The monoisotopic (exact) mass is 852 g/mol. The van der Waals surface area contributed by atoms with Crippen LogP contribution in [-0.2, 0) is 14.3 Å². The van der Waals surface area contributed by atoms with Crippen LogP contribution in [0.5, 0.6) is 0 Å². The normalized spacial score (nSPS) is 13.9. The van der Waals surface area contributed by atoms with Crippen molar-refractivity contribution in [1.29, 1.82) is 0 Å². The minimum atomic E-state index is -0.820. The minimum Gasteiger partial charge on any atom is -0.458 e. The van der Waals surface area contributed by atoms with Crippen LogP contribution < -0.4 is 5.32 Å². The number of hydrogen-bond acceptors (Lipinski definition) is 5. The van der Waals surface area contributed by atoms with E-state index in [-0.39, 0.29) is 24.9 Å². The van der Waals surface area contributed by atoms with Gasteiger partial charge in [0.2, 0.25) is 5.91 Å². The van der Waals surface area contributed by atoms with Crippen LogP contribution in [0, 0.1) is 0 Å². The summed E-state index contributed by atoms with van der Waals surface area (Å²) < 4.78 is 5.81. The number of allylic oxidation sites excluding steroid dienone is 11. The second-order valence-electron chi connectivity index (χ2n) is 17.2. The second-order valence-corrected chi connectivity index (χ2v) is 17.2. The largest absolute Gasteiger partial charge is 0.458 e. The Morgan fingerprint density at radius 1 is 0.492 bits per heavy atom. The smallest absolute Gasteiger partial charge is 0.306 e. The van der Waals surface area contributed by atoms with Crippen molar-refractivity contribution >= 4 is 11.9 Å². The summed E-state index contributed by atoms with van der Waals surface area (Å²) in [6.07, 6.45) is 61.4. The highest BCUT2D eigenvalue weighted by Crippen LogP contribution is 2.16. The van der Waals surface area contributed by atoms with Crippen molar-refractivity contribution in [1.82, 2.24) is 5.32 Å². The molecule has 6 nitrogen and oxygen atoms in total. The van der Waals surface area contributed by atoms with Crippen molar-refractivity contribution in [3.05, 3.63) is 72.9 Å². The summed E-state index contributed by atoms with van der Waals surface area (Å²) >= 11 is 0. The summed E-state index contributed by atoms with van der Waals surface area (Å²) in [6, 6.07) is -0.743. The Balaban J connectivity index is 4.72. The average molecular weight is 852 g/mol. The summed E-state index contributed by atoms with van der Waals surface area (Å²) in [5.41, 5.74) is 0. The van der Waals surface area contributed by atoms with E-state index in [4.69, 9.17) is 4.74 Å².